The van der Waals surface area contributed by atoms with Crippen LogP contribution in [0.3, 0.4) is 0 Å². The van der Waals surface area contributed by atoms with E-state index in [2.05, 4.69) is 20.4 Å². The zero-order valence-electron chi connectivity index (χ0n) is 11.1. The van der Waals surface area contributed by atoms with Gasteiger partial charge in [-0.05, 0) is 26.7 Å². The van der Waals surface area contributed by atoms with E-state index in [1.54, 1.807) is 0 Å². The molecule has 0 bridgehead atoms. The van der Waals surface area contributed by atoms with E-state index >= 15 is 0 Å². The van der Waals surface area contributed by atoms with Crippen LogP contribution >= 0.6 is 0 Å². The third-order valence-corrected chi connectivity index (χ3v) is 2.49. The second kappa shape index (κ2) is 6.48. The quantitative estimate of drug-likeness (QED) is 0.568. The van der Waals surface area contributed by atoms with Gasteiger partial charge in [0.25, 0.3) is 0 Å². The Labute approximate surface area is 111 Å². The lowest BCUT2D eigenvalue weighted by molar-refractivity contribution is 0.0639. The smallest absolute Gasteiger partial charge is 0.324 e. The molecule has 1 aromatic rings. The van der Waals surface area contributed by atoms with Gasteiger partial charge in [-0.3, -0.25) is 5.43 Å². The predicted octanol–water partition coefficient (Wildman–Crippen LogP) is 0.502. The molecule has 19 heavy (non-hydrogen) atoms. The Morgan fingerprint density at radius 2 is 2.16 bits per heavy atom. The van der Waals surface area contributed by atoms with Crippen molar-refractivity contribution in [1.29, 1.82) is 0 Å². The summed E-state index contributed by atoms with van der Waals surface area (Å²) in [7, 11) is 0. The topological polar surface area (TPSA) is 104 Å². The molecule has 0 aliphatic carbocycles. The molecule has 0 saturated carbocycles. The second-order valence-electron chi connectivity index (χ2n) is 4.48. The molecular formula is C11H19N5O3. The lowest BCUT2D eigenvalue weighted by Crippen LogP contribution is -2.19. The van der Waals surface area contributed by atoms with Crippen LogP contribution in [0.25, 0.3) is 0 Å². The fourth-order valence-electron chi connectivity index (χ4n) is 1.67. The summed E-state index contributed by atoms with van der Waals surface area (Å²) in [6.07, 6.45) is 2.10. The third-order valence-electron chi connectivity index (χ3n) is 2.49. The molecule has 1 aromatic heterocycles. The van der Waals surface area contributed by atoms with Crippen LogP contribution in [0.4, 0.5) is 5.95 Å². The van der Waals surface area contributed by atoms with Gasteiger partial charge in [0.15, 0.2) is 0 Å². The standard InChI is InChI=1S/C11H19N5O3/c1-7(2)19-11-14-9(16-12)13-10(15-11)18-6-8-4-3-5-17-8/h7-8H,3-6,12H2,1-2H3,(H,13,14,15,16). The van der Waals surface area contributed by atoms with Crippen molar-refractivity contribution < 1.29 is 14.2 Å². The van der Waals surface area contributed by atoms with Gasteiger partial charge in [0.05, 0.1) is 12.2 Å². The molecule has 1 fully saturated rings. The maximum Gasteiger partial charge on any atom is 0.324 e. The van der Waals surface area contributed by atoms with E-state index in [4.69, 9.17) is 20.1 Å². The maximum atomic E-state index is 5.49. The highest BCUT2D eigenvalue weighted by Gasteiger charge is 2.17. The Hall–Kier alpha value is -1.67. The molecular weight excluding hydrogens is 250 g/mol. The van der Waals surface area contributed by atoms with Gasteiger partial charge >= 0.3 is 12.0 Å². The predicted molar refractivity (Wildman–Crippen MR) is 67.9 cm³/mol. The Morgan fingerprint density at radius 1 is 1.37 bits per heavy atom. The van der Waals surface area contributed by atoms with E-state index in [0.29, 0.717) is 6.61 Å². The first-order chi connectivity index (χ1) is 9.17. The monoisotopic (exact) mass is 269 g/mol. The first-order valence-corrected chi connectivity index (χ1v) is 6.31. The zero-order chi connectivity index (χ0) is 13.7. The molecule has 8 heteroatoms. The van der Waals surface area contributed by atoms with Crippen molar-refractivity contribution in [1.82, 2.24) is 15.0 Å². The Kier molecular flexibility index (Phi) is 4.69. The zero-order valence-corrected chi connectivity index (χ0v) is 11.1. The number of rotatable bonds is 6. The number of nitrogens with two attached hydrogens (primary N) is 1. The van der Waals surface area contributed by atoms with Crippen LogP contribution in [0, 0.1) is 0 Å². The molecule has 106 valence electrons. The summed E-state index contributed by atoms with van der Waals surface area (Å²) in [6.45, 7) is 4.95. The van der Waals surface area contributed by atoms with Crippen molar-refractivity contribution in [3.05, 3.63) is 0 Å². The molecule has 1 unspecified atom stereocenters. The minimum absolute atomic E-state index is 0.0426. The molecule has 0 amide bonds. The van der Waals surface area contributed by atoms with Gasteiger partial charge in [-0.2, -0.15) is 9.97 Å². The summed E-state index contributed by atoms with van der Waals surface area (Å²) >= 11 is 0. The molecule has 1 atom stereocenters. The van der Waals surface area contributed by atoms with Crippen molar-refractivity contribution in [2.75, 3.05) is 18.6 Å². The van der Waals surface area contributed by atoms with E-state index < -0.39 is 0 Å². The Balaban J connectivity index is 2.00. The van der Waals surface area contributed by atoms with Crippen molar-refractivity contribution >= 4 is 5.95 Å². The number of aromatic nitrogens is 3. The lowest BCUT2D eigenvalue weighted by atomic mass is 10.2. The molecule has 0 radical (unpaired) electrons. The van der Waals surface area contributed by atoms with Gasteiger partial charge in [-0.25, -0.2) is 5.84 Å². The molecule has 0 aromatic carbocycles. The first-order valence-electron chi connectivity index (χ1n) is 6.31. The number of anilines is 1. The van der Waals surface area contributed by atoms with E-state index in [1.807, 2.05) is 13.8 Å². The normalized spacial score (nSPS) is 18.6. The summed E-state index contributed by atoms with van der Waals surface area (Å²) in [5.41, 5.74) is 2.36. The van der Waals surface area contributed by atoms with E-state index in [0.717, 1.165) is 19.4 Å². The van der Waals surface area contributed by atoms with Crippen LogP contribution < -0.4 is 20.7 Å². The Bertz CT molecular complexity index is 409. The highest BCUT2D eigenvalue weighted by atomic mass is 16.5. The lowest BCUT2D eigenvalue weighted by Gasteiger charge is -2.12. The molecule has 2 heterocycles. The van der Waals surface area contributed by atoms with Gasteiger partial charge in [0.1, 0.15) is 6.61 Å². The number of nitrogen functional groups attached to an aromatic ring is 1. The SMILES string of the molecule is CC(C)Oc1nc(NN)nc(OCC2CCCO2)n1. The molecule has 1 saturated heterocycles. The average molecular weight is 269 g/mol. The Morgan fingerprint density at radius 3 is 2.79 bits per heavy atom. The number of hydrogen-bond acceptors (Lipinski definition) is 8. The number of hydrazine groups is 1. The fraction of sp³-hybridized carbons (Fsp3) is 0.727. The van der Waals surface area contributed by atoms with Gasteiger partial charge in [0, 0.05) is 6.61 Å². The molecule has 0 spiro atoms. The van der Waals surface area contributed by atoms with Gasteiger partial charge < -0.3 is 14.2 Å². The molecule has 2 rings (SSSR count). The van der Waals surface area contributed by atoms with Crippen molar-refractivity contribution in [3.63, 3.8) is 0 Å². The van der Waals surface area contributed by atoms with Gasteiger partial charge in [-0.1, -0.05) is 0 Å². The minimum Gasteiger partial charge on any atom is -0.461 e. The summed E-state index contributed by atoms with van der Waals surface area (Å²) in [4.78, 5) is 12.0. The molecule has 8 nitrogen and oxygen atoms in total. The molecule has 1 aliphatic rings. The van der Waals surface area contributed by atoms with Crippen LogP contribution in [0.15, 0.2) is 0 Å². The summed E-state index contributed by atoms with van der Waals surface area (Å²) in [6, 6.07) is 0.356. The van der Waals surface area contributed by atoms with Crippen molar-refractivity contribution in [2.45, 2.75) is 38.9 Å². The third kappa shape index (κ3) is 4.18. The largest absolute Gasteiger partial charge is 0.461 e. The summed E-state index contributed by atoms with van der Waals surface area (Å²) < 4.78 is 16.4. The second-order valence-corrected chi connectivity index (χ2v) is 4.48. The number of hydrogen-bond donors (Lipinski definition) is 2. The van der Waals surface area contributed by atoms with Crippen LogP contribution in [0.1, 0.15) is 26.7 Å². The average Bonchev–Trinajstić information content (AvgIpc) is 2.88. The number of ether oxygens (including phenoxy) is 3. The summed E-state index contributed by atoms with van der Waals surface area (Å²) in [5.74, 6) is 5.50. The minimum atomic E-state index is -0.0426. The van der Waals surface area contributed by atoms with Crippen LogP contribution in [-0.2, 0) is 4.74 Å². The highest BCUT2D eigenvalue weighted by molar-refractivity contribution is 5.25. The van der Waals surface area contributed by atoms with E-state index in [1.165, 1.54) is 0 Å². The van der Waals surface area contributed by atoms with Crippen LogP contribution in [-0.4, -0.2) is 40.4 Å². The van der Waals surface area contributed by atoms with Crippen molar-refractivity contribution in [2.24, 2.45) is 5.84 Å². The highest BCUT2D eigenvalue weighted by Crippen LogP contribution is 2.16. The van der Waals surface area contributed by atoms with Gasteiger partial charge in [-0.15, -0.1) is 4.98 Å². The molecule has 1 aliphatic heterocycles. The molecule has 3 N–H and O–H groups in total. The number of nitrogens with zero attached hydrogens (tertiary/aromatic N) is 3. The van der Waals surface area contributed by atoms with E-state index in [9.17, 15) is 0 Å². The first kappa shape index (κ1) is 13.8. The maximum absolute atomic E-state index is 5.49. The number of nitrogens with one attached hydrogen (secondary N) is 1. The van der Waals surface area contributed by atoms with Gasteiger partial charge in [0.2, 0.25) is 5.95 Å². The van der Waals surface area contributed by atoms with Crippen LogP contribution in [0.2, 0.25) is 0 Å². The van der Waals surface area contributed by atoms with Crippen molar-refractivity contribution in [3.8, 4) is 12.0 Å². The van der Waals surface area contributed by atoms with E-state index in [-0.39, 0.29) is 30.2 Å². The fourth-order valence-corrected chi connectivity index (χ4v) is 1.67. The summed E-state index contributed by atoms with van der Waals surface area (Å²) in [5, 5.41) is 0. The van der Waals surface area contributed by atoms with Crippen LogP contribution in [0.5, 0.6) is 12.0 Å².